The zero-order chi connectivity index (χ0) is 19.8. The van der Waals surface area contributed by atoms with Gasteiger partial charge in [0.25, 0.3) is 0 Å². The fraction of sp³-hybridized carbons (Fsp3) is 0.318. The highest BCUT2D eigenvalue weighted by atomic mass is 32.1. The molecule has 3 aromatic rings. The normalized spacial score (nSPS) is 10.9. The van der Waals surface area contributed by atoms with E-state index >= 15 is 0 Å². The van der Waals surface area contributed by atoms with Gasteiger partial charge in [0.1, 0.15) is 12.4 Å². The predicted octanol–water partition coefficient (Wildman–Crippen LogP) is 4.23. The average molecular weight is 395 g/mol. The number of aromatic nitrogens is 3. The van der Waals surface area contributed by atoms with Crippen LogP contribution in [0.5, 0.6) is 0 Å². The van der Waals surface area contributed by atoms with E-state index in [1.165, 1.54) is 11.1 Å². The van der Waals surface area contributed by atoms with Gasteiger partial charge in [0.05, 0.1) is 0 Å². The lowest BCUT2D eigenvalue weighted by Gasteiger charge is -2.18. The van der Waals surface area contributed by atoms with Gasteiger partial charge in [-0.05, 0) is 36.2 Å². The molecule has 6 heteroatoms. The van der Waals surface area contributed by atoms with Crippen LogP contribution in [0, 0.1) is 4.77 Å². The van der Waals surface area contributed by atoms with Crippen LogP contribution in [0.15, 0.2) is 60.7 Å². The first kappa shape index (κ1) is 20.0. The van der Waals surface area contributed by atoms with Gasteiger partial charge in [0.2, 0.25) is 5.91 Å². The second kappa shape index (κ2) is 9.99. The summed E-state index contributed by atoms with van der Waals surface area (Å²) in [5, 5.41) is 10.0. The lowest BCUT2D eigenvalue weighted by atomic mass is 9.88. The van der Waals surface area contributed by atoms with Crippen LogP contribution < -0.4 is 5.32 Å². The minimum Gasteiger partial charge on any atom is -0.355 e. The molecule has 28 heavy (non-hydrogen) atoms. The van der Waals surface area contributed by atoms with E-state index in [2.05, 4.69) is 71.0 Å². The van der Waals surface area contributed by atoms with Gasteiger partial charge in [-0.1, -0.05) is 67.6 Å². The quantitative estimate of drug-likeness (QED) is 0.534. The molecule has 0 spiro atoms. The molecule has 2 aromatic carbocycles. The number of hydrogen-bond donors (Lipinski definition) is 2. The summed E-state index contributed by atoms with van der Waals surface area (Å²) in [5.41, 5.74) is 2.51. The minimum atomic E-state index is -0.0465. The standard InChI is InChI=1S/C22H26N4OS/c1-2-9-20-24-25-22(28)26(20)16-21(27)23-15-14-19(17-10-5-3-6-11-17)18-12-7-4-8-13-18/h3-8,10-13,19H,2,9,14-16H2,1H3,(H,23,27)(H,25,28). The highest BCUT2D eigenvalue weighted by molar-refractivity contribution is 7.71. The largest absolute Gasteiger partial charge is 0.355 e. The Balaban J connectivity index is 1.62. The molecule has 0 aliphatic carbocycles. The average Bonchev–Trinajstić information content (AvgIpc) is 3.06. The molecule has 0 aliphatic heterocycles. The van der Waals surface area contributed by atoms with E-state index < -0.39 is 0 Å². The van der Waals surface area contributed by atoms with Crippen molar-refractivity contribution >= 4 is 18.1 Å². The molecule has 1 heterocycles. The molecule has 0 saturated heterocycles. The van der Waals surface area contributed by atoms with Gasteiger partial charge in [-0.3, -0.25) is 14.5 Å². The monoisotopic (exact) mass is 394 g/mol. The maximum atomic E-state index is 12.5. The number of hydrogen-bond acceptors (Lipinski definition) is 3. The Bertz CT molecular complexity index is 894. The number of amides is 1. The molecule has 0 atom stereocenters. The molecule has 0 fully saturated rings. The van der Waals surface area contributed by atoms with Crippen LogP contribution in [0.1, 0.15) is 42.6 Å². The summed E-state index contributed by atoms with van der Waals surface area (Å²) >= 11 is 5.25. The van der Waals surface area contributed by atoms with E-state index in [0.717, 1.165) is 25.1 Å². The molecule has 0 unspecified atom stereocenters. The summed E-state index contributed by atoms with van der Waals surface area (Å²) < 4.78 is 2.27. The third kappa shape index (κ3) is 5.16. The minimum absolute atomic E-state index is 0.0465. The highest BCUT2D eigenvalue weighted by Gasteiger charge is 2.15. The number of nitrogens with zero attached hydrogens (tertiary/aromatic N) is 2. The van der Waals surface area contributed by atoms with Crippen LogP contribution in [0.25, 0.3) is 0 Å². The van der Waals surface area contributed by atoms with Crippen LogP contribution in [0.2, 0.25) is 0 Å². The Morgan fingerprint density at radius 1 is 1.11 bits per heavy atom. The summed E-state index contributed by atoms with van der Waals surface area (Å²) in [7, 11) is 0. The molecule has 146 valence electrons. The lowest BCUT2D eigenvalue weighted by molar-refractivity contribution is -0.121. The molecule has 0 aliphatic rings. The predicted molar refractivity (Wildman–Crippen MR) is 114 cm³/mol. The molecule has 1 amide bonds. The number of carbonyl (C=O) groups is 1. The zero-order valence-corrected chi connectivity index (χ0v) is 16.9. The van der Waals surface area contributed by atoms with Crippen molar-refractivity contribution in [3.8, 4) is 0 Å². The van der Waals surface area contributed by atoms with E-state index in [1.807, 2.05) is 12.1 Å². The van der Waals surface area contributed by atoms with Crippen molar-refractivity contribution in [2.24, 2.45) is 0 Å². The Morgan fingerprint density at radius 2 is 1.71 bits per heavy atom. The van der Waals surface area contributed by atoms with E-state index in [0.29, 0.717) is 11.3 Å². The topological polar surface area (TPSA) is 62.7 Å². The van der Waals surface area contributed by atoms with Crippen LogP contribution in [0.3, 0.4) is 0 Å². The van der Waals surface area contributed by atoms with Gasteiger partial charge >= 0.3 is 0 Å². The van der Waals surface area contributed by atoms with Gasteiger partial charge in [-0.25, -0.2) is 0 Å². The van der Waals surface area contributed by atoms with Crippen molar-refractivity contribution in [3.63, 3.8) is 0 Å². The molecule has 3 rings (SSSR count). The van der Waals surface area contributed by atoms with Crippen LogP contribution >= 0.6 is 12.2 Å². The number of aromatic amines is 1. The first-order chi connectivity index (χ1) is 13.7. The van der Waals surface area contributed by atoms with E-state index in [-0.39, 0.29) is 18.4 Å². The van der Waals surface area contributed by atoms with Gasteiger partial charge in [0, 0.05) is 18.9 Å². The van der Waals surface area contributed by atoms with Crippen molar-refractivity contribution in [1.29, 1.82) is 0 Å². The van der Waals surface area contributed by atoms with Crippen LogP contribution in [-0.4, -0.2) is 27.2 Å². The van der Waals surface area contributed by atoms with E-state index in [1.54, 1.807) is 4.57 Å². The van der Waals surface area contributed by atoms with Crippen molar-refractivity contribution < 1.29 is 4.79 Å². The first-order valence-corrected chi connectivity index (χ1v) is 10.1. The molecule has 5 nitrogen and oxygen atoms in total. The first-order valence-electron chi connectivity index (χ1n) is 9.69. The SMILES string of the molecule is CCCc1n[nH]c(=S)n1CC(=O)NCCC(c1ccccc1)c1ccccc1. The molecule has 0 bridgehead atoms. The second-order valence-corrected chi connectivity index (χ2v) is 7.18. The second-order valence-electron chi connectivity index (χ2n) is 6.79. The fourth-order valence-electron chi connectivity index (χ4n) is 3.38. The van der Waals surface area contributed by atoms with Crippen molar-refractivity contribution in [2.45, 2.75) is 38.6 Å². The summed E-state index contributed by atoms with van der Waals surface area (Å²) in [5.74, 6) is 1.03. The van der Waals surface area contributed by atoms with Crippen molar-refractivity contribution in [2.75, 3.05) is 6.54 Å². The summed E-state index contributed by atoms with van der Waals surface area (Å²) in [6.45, 7) is 2.88. The number of nitrogens with one attached hydrogen (secondary N) is 2. The molecule has 0 saturated carbocycles. The lowest BCUT2D eigenvalue weighted by Crippen LogP contribution is -2.30. The number of rotatable bonds is 9. The van der Waals surface area contributed by atoms with Gasteiger partial charge in [-0.15, -0.1) is 0 Å². The molecule has 1 aromatic heterocycles. The smallest absolute Gasteiger partial charge is 0.240 e. The summed E-state index contributed by atoms with van der Waals surface area (Å²) in [6.07, 6.45) is 2.58. The summed E-state index contributed by atoms with van der Waals surface area (Å²) in [6, 6.07) is 20.8. The third-order valence-corrected chi connectivity index (χ3v) is 5.08. The van der Waals surface area contributed by atoms with Gasteiger partial charge in [0.15, 0.2) is 4.77 Å². The van der Waals surface area contributed by atoms with Crippen molar-refractivity contribution in [1.82, 2.24) is 20.1 Å². The molecular weight excluding hydrogens is 368 g/mol. The van der Waals surface area contributed by atoms with Gasteiger partial charge < -0.3 is 5.32 Å². The van der Waals surface area contributed by atoms with Gasteiger partial charge in [-0.2, -0.15) is 5.10 Å². The molecular formula is C22H26N4OS. The Labute approximate surface area is 170 Å². The fourth-order valence-corrected chi connectivity index (χ4v) is 3.60. The highest BCUT2D eigenvalue weighted by Crippen LogP contribution is 2.27. The van der Waals surface area contributed by atoms with E-state index in [4.69, 9.17) is 12.2 Å². The number of carbonyl (C=O) groups excluding carboxylic acids is 1. The Morgan fingerprint density at radius 3 is 2.29 bits per heavy atom. The molecule has 0 radical (unpaired) electrons. The Kier molecular flexibility index (Phi) is 7.14. The van der Waals surface area contributed by atoms with E-state index in [9.17, 15) is 4.79 Å². The maximum Gasteiger partial charge on any atom is 0.240 e. The number of benzene rings is 2. The van der Waals surface area contributed by atoms with Crippen LogP contribution in [-0.2, 0) is 17.8 Å². The maximum absolute atomic E-state index is 12.5. The molecule has 2 N–H and O–H groups in total. The summed E-state index contributed by atoms with van der Waals surface area (Å²) in [4.78, 5) is 12.5. The van der Waals surface area contributed by atoms with Crippen LogP contribution in [0.4, 0.5) is 0 Å². The third-order valence-electron chi connectivity index (χ3n) is 4.77. The Hall–Kier alpha value is -2.73. The zero-order valence-electron chi connectivity index (χ0n) is 16.1. The van der Waals surface area contributed by atoms with Crippen molar-refractivity contribution in [3.05, 3.63) is 82.4 Å². The number of H-pyrrole nitrogens is 1. The number of aryl methyl sites for hydroxylation is 1.